The molecular weight excluding hydrogens is 212 g/mol. The highest BCUT2D eigenvalue weighted by Crippen LogP contribution is 2.48. The van der Waals surface area contributed by atoms with Gasteiger partial charge in [-0.2, -0.15) is 0 Å². The minimum atomic E-state index is 0.243. The zero-order chi connectivity index (χ0) is 11.5. The van der Waals surface area contributed by atoms with Crippen molar-refractivity contribution in [3.8, 4) is 0 Å². The molecule has 0 atom stereocenters. The smallest absolute Gasteiger partial charge is 0.198 e. The molecule has 1 aromatic carbocycles. The standard InChI is InChI=1S/C14H16N2O/c15-8-14(5-6-14)10-3-4-12-11(7-10)16-13(17-12)9-1-2-9/h3-4,7,9H,1-2,5-6,8,15H2. The Morgan fingerprint density at radius 3 is 2.82 bits per heavy atom. The van der Waals surface area contributed by atoms with Gasteiger partial charge in [0, 0.05) is 17.9 Å². The summed E-state index contributed by atoms with van der Waals surface area (Å²) in [5, 5.41) is 0. The van der Waals surface area contributed by atoms with E-state index in [0.717, 1.165) is 23.5 Å². The van der Waals surface area contributed by atoms with Gasteiger partial charge < -0.3 is 10.2 Å². The lowest BCUT2D eigenvalue weighted by Crippen LogP contribution is -2.19. The van der Waals surface area contributed by atoms with E-state index in [0.29, 0.717) is 5.92 Å². The van der Waals surface area contributed by atoms with Crippen molar-refractivity contribution in [3.05, 3.63) is 29.7 Å². The fourth-order valence-electron chi connectivity index (χ4n) is 2.54. The monoisotopic (exact) mass is 228 g/mol. The summed E-state index contributed by atoms with van der Waals surface area (Å²) in [7, 11) is 0. The van der Waals surface area contributed by atoms with Crippen molar-refractivity contribution in [3.63, 3.8) is 0 Å². The van der Waals surface area contributed by atoms with Crippen LogP contribution in [-0.2, 0) is 5.41 Å². The summed E-state index contributed by atoms with van der Waals surface area (Å²) in [6.45, 7) is 0.742. The number of nitrogens with zero attached hydrogens (tertiary/aromatic N) is 1. The molecule has 0 spiro atoms. The van der Waals surface area contributed by atoms with Gasteiger partial charge >= 0.3 is 0 Å². The molecule has 1 heterocycles. The van der Waals surface area contributed by atoms with Gasteiger partial charge in [0.1, 0.15) is 5.52 Å². The van der Waals surface area contributed by atoms with Crippen LogP contribution in [0.4, 0.5) is 0 Å². The van der Waals surface area contributed by atoms with Crippen molar-refractivity contribution in [2.24, 2.45) is 5.73 Å². The number of rotatable bonds is 3. The summed E-state index contributed by atoms with van der Waals surface area (Å²) >= 11 is 0. The molecule has 1 aromatic heterocycles. The molecule has 2 aliphatic carbocycles. The SMILES string of the molecule is NCC1(c2ccc3oc(C4CC4)nc3c2)CC1. The molecule has 2 fully saturated rings. The molecule has 3 heteroatoms. The fourth-order valence-corrected chi connectivity index (χ4v) is 2.54. The third-order valence-corrected chi connectivity index (χ3v) is 4.19. The average Bonchev–Trinajstić information content (AvgIpc) is 3.25. The van der Waals surface area contributed by atoms with Crippen molar-refractivity contribution in [1.82, 2.24) is 4.98 Å². The molecular formula is C14H16N2O. The van der Waals surface area contributed by atoms with Gasteiger partial charge in [0.25, 0.3) is 0 Å². The fraction of sp³-hybridized carbons (Fsp3) is 0.500. The zero-order valence-electron chi connectivity index (χ0n) is 9.78. The second-order valence-electron chi connectivity index (χ2n) is 5.49. The molecule has 0 saturated heterocycles. The Morgan fingerprint density at radius 1 is 1.35 bits per heavy atom. The predicted molar refractivity (Wildman–Crippen MR) is 66.0 cm³/mol. The lowest BCUT2D eigenvalue weighted by Gasteiger charge is -2.11. The Hall–Kier alpha value is -1.35. The van der Waals surface area contributed by atoms with Crippen LogP contribution in [0, 0.1) is 0 Å². The number of oxazole rings is 1. The number of hydrogen-bond acceptors (Lipinski definition) is 3. The first-order valence-electron chi connectivity index (χ1n) is 6.42. The normalized spacial score (nSPS) is 21.9. The summed E-state index contributed by atoms with van der Waals surface area (Å²) < 4.78 is 5.77. The Labute approximate surface area is 100 Å². The van der Waals surface area contributed by atoms with Crippen molar-refractivity contribution < 1.29 is 4.42 Å². The van der Waals surface area contributed by atoms with E-state index in [2.05, 4.69) is 23.2 Å². The molecule has 17 heavy (non-hydrogen) atoms. The number of benzene rings is 1. The van der Waals surface area contributed by atoms with E-state index in [-0.39, 0.29) is 5.41 Å². The van der Waals surface area contributed by atoms with Crippen LogP contribution in [0.15, 0.2) is 22.6 Å². The molecule has 2 saturated carbocycles. The van der Waals surface area contributed by atoms with Gasteiger partial charge in [-0.25, -0.2) is 4.98 Å². The molecule has 2 aliphatic rings. The summed E-state index contributed by atoms with van der Waals surface area (Å²) in [4.78, 5) is 4.60. The van der Waals surface area contributed by atoms with Gasteiger partial charge in [0.2, 0.25) is 0 Å². The van der Waals surface area contributed by atoms with Gasteiger partial charge in [0.15, 0.2) is 11.5 Å². The first-order chi connectivity index (χ1) is 8.31. The van der Waals surface area contributed by atoms with Crippen LogP contribution >= 0.6 is 0 Å². The molecule has 2 aromatic rings. The predicted octanol–water partition coefficient (Wildman–Crippen LogP) is 2.70. The van der Waals surface area contributed by atoms with E-state index in [1.807, 2.05) is 0 Å². The molecule has 0 radical (unpaired) electrons. The van der Waals surface area contributed by atoms with Crippen LogP contribution < -0.4 is 5.73 Å². The van der Waals surface area contributed by atoms with Crippen LogP contribution in [0.3, 0.4) is 0 Å². The van der Waals surface area contributed by atoms with E-state index < -0.39 is 0 Å². The van der Waals surface area contributed by atoms with Gasteiger partial charge in [-0.1, -0.05) is 6.07 Å². The quantitative estimate of drug-likeness (QED) is 0.878. The van der Waals surface area contributed by atoms with Crippen LogP contribution in [0.2, 0.25) is 0 Å². The molecule has 0 amide bonds. The number of fused-ring (bicyclic) bond motifs is 1. The third kappa shape index (κ3) is 1.42. The lowest BCUT2D eigenvalue weighted by atomic mass is 9.96. The number of aromatic nitrogens is 1. The minimum Gasteiger partial charge on any atom is -0.440 e. The lowest BCUT2D eigenvalue weighted by molar-refractivity contribution is 0.533. The Balaban J connectivity index is 1.80. The molecule has 2 N–H and O–H groups in total. The van der Waals surface area contributed by atoms with E-state index in [1.54, 1.807) is 0 Å². The highest BCUT2D eigenvalue weighted by atomic mass is 16.3. The summed E-state index contributed by atoms with van der Waals surface area (Å²) in [5.41, 5.74) is 9.37. The molecule has 0 bridgehead atoms. The van der Waals surface area contributed by atoms with Crippen molar-refractivity contribution >= 4 is 11.1 Å². The highest BCUT2D eigenvalue weighted by Gasteiger charge is 2.43. The van der Waals surface area contributed by atoms with Gasteiger partial charge in [-0.3, -0.25) is 0 Å². The maximum absolute atomic E-state index is 5.86. The van der Waals surface area contributed by atoms with Gasteiger partial charge in [-0.05, 0) is 43.4 Å². The van der Waals surface area contributed by atoms with Crippen LogP contribution in [-0.4, -0.2) is 11.5 Å². The number of hydrogen-bond donors (Lipinski definition) is 1. The largest absolute Gasteiger partial charge is 0.440 e. The summed E-state index contributed by atoms with van der Waals surface area (Å²) in [6, 6.07) is 6.38. The van der Waals surface area contributed by atoms with Crippen LogP contribution in [0.5, 0.6) is 0 Å². The molecule has 4 rings (SSSR count). The van der Waals surface area contributed by atoms with E-state index in [4.69, 9.17) is 10.2 Å². The Kier molecular flexibility index (Phi) is 1.76. The van der Waals surface area contributed by atoms with Crippen LogP contribution in [0.25, 0.3) is 11.1 Å². The molecule has 0 aliphatic heterocycles. The molecule has 3 nitrogen and oxygen atoms in total. The Bertz CT molecular complexity index is 579. The zero-order valence-corrected chi connectivity index (χ0v) is 9.78. The highest BCUT2D eigenvalue weighted by molar-refractivity contribution is 5.74. The van der Waals surface area contributed by atoms with Gasteiger partial charge in [-0.15, -0.1) is 0 Å². The van der Waals surface area contributed by atoms with E-state index in [9.17, 15) is 0 Å². The number of nitrogens with two attached hydrogens (primary N) is 1. The first kappa shape index (κ1) is 9.66. The van der Waals surface area contributed by atoms with Crippen molar-refractivity contribution in [1.29, 1.82) is 0 Å². The maximum atomic E-state index is 5.86. The van der Waals surface area contributed by atoms with E-state index in [1.165, 1.54) is 31.2 Å². The van der Waals surface area contributed by atoms with Crippen LogP contribution in [0.1, 0.15) is 43.1 Å². The third-order valence-electron chi connectivity index (χ3n) is 4.19. The second-order valence-corrected chi connectivity index (χ2v) is 5.49. The van der Waals surface area contributed by atoms with E-state index >= 15 is 0 Å². The Morgan fingerprint density at radius 2 is 2.18 bits per heavy atom. The topological polar surface area (TPSA) is 52.0 Å². The minimum absolute atomic E-state index is 0.243. The first-order valence-corrected chi connectivity index (χ1v) is 6.42. The summed E-state index contributed by atoms with van der Waals surface area (Å²) in [6.07, 6.45) is 4.88. The van der Waals surface area contributed by atoms with Crippen molar-refractivity contribution in [2.75, 3.05) is 6.54 Å². The van der Waals surface area contributed by atoms with Gasteiger partial charge in [0.05, 0.1) is 0 Å². The summed E-state index contributed by atoms with van der Waals surface area (Å²) in [5.74, 6) is 1.50. The second kappa shape index (κ2) is 3.10. The average molecular weight is 228 g/mol. The molecule has 0 unspecified atom stereocenters. The molecule has 88 valence electrons. The van der Waals surface area contributed by atoms with Crippen molar-refractivity contribution in [2.45, 2.75) is 37.0 Å². The maximum Gasteiger partial charge on any atom is 0.198 e.